The zero-order chi connectivity index (χ0) is 18.1. The molecular weight excluding hydrogens is 349 g/mol. The first-order valence-electron chi connectivity index (χ1n) is 8.20. The summed E-state index contributed by atoms with van der Waals surface area (Å²) < 4.78 is 13.3. The number of carbonyl (C=O) groups excluding carboxylic acids is 3. The third kappa shape index (κ3) is 3.61. The molecule has 0 radical (unpaired) electrons. The van der Waals surface area contributed by atoms with Gasteiger partial charge in [-0.3, -0.25) is 14.4 Å². The summed E-state index contributed by atoms with van der Waals surface area (Å²) in [4.78, 5) is 39.3. The van der Waals surface area contributed by atoms with Gasteiger partial charge in [0.15, 0.2) is 0 Å². The highest BCUT2D eigenvalue weighted by Gasteiger charge is 2.38. The lowest BCUT2D eigenvalue weighted by atomic mass is 9.95. The highest BCUT2D eigenvalue weighted by Crippen LogP contribution is 2.30. The van der Waals surface area contributed by atoms with Crippen molar-refractivity contribution < 1.29 is 18.8 Å². The smallest absolute Gasteiger partial charge is 0.228 e. The highest BCUT2D eigenvalue weighted by atomic mass is 35.5. The first-order valence-corrected chi connectivity index (χ1v) is 8.58. The number of halogens is 2. The first kappa shape index (κ1) is 17.7. The second-order valence-corrected chi connectivity index (χ2v) is 6.91. The Hall–Kier alpha value is -2.15. The topological polar surface area (TPSA) is 83.7 Å². The van der Waals surface area contributed by atoms with Crippen molar-refractivity contribution in [3.8, 4) is 0 Å². The normalized spacial score (nSPS) is 21.7. The van der Waals surface area contributed by atoms with Gasteiger partial charge in [-0.15, -0.1) is 0 Å². The molecule has 0 spiro atoms. The van der Waals surface area contributed by atoms with Gasteiger partial charge in [-0.25, -0.2) is 4.39 Å². The molecule has 3 rings (SSSR count). The van der Waals surface area contributed by atoms with Crippen LogP contribution in [0.2, 0.25) is 5.02 Å². The fourth-order valence-corrected chi connectivity index (χ4v) is 3.59. The summed E-state index contributed by atoms with van der Waals surface area (Å²) in [6.45, 7) is 1.19. The van der Waals surface area contributed by atoms with Crippen molar-refractivity contribution >= 4 is 35.0 Å². The number of hydrogen-bond donors (Lipinski definition) is 1. The molecule has 1 aromatic carbocycles. The summed E-state index contributed by atoms with van der Waals surface area (Å²) in [5.74, 6) is -1.79. The van der Waals surface area contributed by atoms with Crippen molar-refractivity contribution in [2.24, 2.45) is 17.6 Å². The molecule has 2 saturated heterocycles. The van der Waals surface area contributed by atoms with Gasteiger partial charge >= 0.3 is 0 Å². The van der Waals surface area contributed by atoms with Gasteiger partial charge in [0.25, 0.3) is 0 Å². The van der Waals surface area contributed by atoms with E-state index in [0.29, 0.717) is 31.6 Å². The van der Waals surface area contributed by atoms with Gasteiger partial charge in [0, 0.05) is 37.7 Å². The monoisotopic (exact) mass is 367 g/mol. The third-order valence-electron chi connectivity index (χ3n) is 4.90. The number of nitrogens with two attached hydrogens (primary N) is 1. The molecule has 2 N–H and O–H groups in total. The molecule has 0 aliphatic carbocycles. The lowest BCUT2D eigenvalue weighted by Gasteiger charge is -2.32. The van der Waals surface area contributed by atoms with Gasteiger partial charge in [0.2, 0.25) is 17.7 Å². The van der Waals surface area contributed by atoms with E-state index in [2.05, 4.69) is 0 Å². The van der Waals surface area contributed by atoms with E-state index in [9.17, 15) is 18.8 Å². The maximum absolute atomic E-state index is 13.3. The lowest BCUT2D eigenvalue weighted by Crippen LogP contribution is -2.44. The Morgan fingerprint density at radius 3 is 2.48 bits per heavy atom. The van der Waals surface area contributed by atoms with Crippen LogP contribution in [0.3, 0.4) is 0 Å². The molecule has 1 atom stereocenters. The quantitative estimate of drug-likeness (QED) is 0.879. The molecule has 134 valence electrons. The number of anilines is 1. The average Bonchev–Trinajstić information content (AvgIpc) is 2.98. The maximum Gasteiger partial charge on any atom is 0.228 e. The molecule has 2 aliphatic rings. The van der Waals surface area contributed by atoms with Crippen LogP contribution in [-0.2, 0) is 14.4 Å². The molecule has 0 aromatic heterocycles. The van der Waals surface area contributed by atoms with Crippen molar-refractivity contribution in [2.75, 3.05) is 24.5 Å². The summed E-state index contributed by atoms with van der Waals surface area (Å²) in [5.41, 5.74) is 5.79. The van der Waals surface area contributed by atoms with E-state index in [4.69, 9.17) is 17.3 Å². The first-order chi connectivity index (χ1) is 11.9. The number of carbonyl (C=O) groups is 3. The van der Waals surface area contributed by atoms with Crippen LogP contribution in [0.1, 0.15) is 19.3 Å². The molecular formula is C17H19ClFN3O3. The Labute approximate surface area is 149 Å². The van der Waals surface area contributed by atoms with Crippen LogP contribution < -0.4 is 10.6 Å². The molecule has 25 heavy (non-hydrogen) atoms. The summed E-state index contributed by atoms with van der Waals surface area (Å²) in [6.07, 6.45) is 1.22. The average molecular weight is 368 g/mol. The number of amides is 3. The summed E-state index contributed by atoms with van der Waals surface area (Å²) in [6, 6.07) is 4.07. The van der Waals surface area contributed by atoms with Crippen molar-refractivity contribution in [2.45, 2.75) is 19.3 Å². The lowest BCUT2D eigenvalue weighted by molar-refractivity contribution is -0.138. The predicted octanol–water partition coefficient (Wildman–Crippen LogP) is 1.56. The number of benzene rings is 1. The van der Waals surface area contributed by atoms with E-state index in [-0.39, 0.29) is 41.6 Å². The SMILES string of the molecule is NC(=O)C1CCN(C(=O)[C@@H]2CC(=O)N(c3ccc(F)c(Cl)c3)C2)CC1. The second kappa shape index (κ2) is 7.00. The van der Waals surface area contributed by atoms with Crippen molar-refractivity contribution in [1.29, 1.82) is 0 Å². The van der Waals surface area contributed by atoms with Crippen molar-refractivity contribution in [1.82, 2.24) is 4.90 Å². The molecule has 0 saturated carbocycles. The largest absolute Gasteiger partial charge is 0.369 e. The van der Waals surface area contributed by atoms with E-state index in [1.807, 2.05) is 0 Å². The van der Waals surface area contributed by atoms with E-state index in [0.717, 1.165) is 0 Å². The zero-order valence-corrected chi connectivity index (χ0v) is 14.3. The molecule has 0 bridgehead atoms. The second-order valence-electron chi connectivity index (χ2n) is 6.51. The van der Waals surface area contributed by atoms with Crippen LogP contribution in [0.4, 0.5) is 10.1 Å². The van der Waals surface area contributed by atoms with Crippen molar-refractivity contribution in [3.05, 3.63) is 29.0 Å². The fourth-order valence-electron chi connectivity index (χ4n) is 3.42. The molecule has 2 aliphatic heterocycles. The predicted molar refractivity (Wildman–Crippen MR) is 90.4 cm³/mol. The molecule has 1 aromatic rings. The van der Waals surface area contributed by atoms with Crippen LogP contribution in [0.25, 0.3) is 0 Å². The molecule has 0 unspecified atom stereocenters. The van der Waals surface area contributed by atoms with Gasteiger partial charge in [0.05, 0.1) is 10.9 Å². The van der Waals surface area contributed by atoms with Gasteiger partial charge in [0.1, 0.15) is 5.82 Å². The van der Waals surface area contributed by atoms with E-state index in [1.165, 1.54) is 23.1 Å². The maximum atomic E-state index is 13.3. The Kier molecular flexibility index (Phi) is 4.94. The van der Waals surface area contributed by atoms with Crippen LogP contribution in [0, 0.1) is 17.7 Å². The standard InChI is InChI=1S/C17H19ClFN3O3/c18-13-8-12(1-2-14(13)19)22-9-11(7-15(22)23)17(25)21-5-3-10(4-6-21)16(20)24/h1-2,8,10-11H,3-7,9H2,(H2,20,24)/t11-/m1/s1. The Bertz CT molecular complexity index is 719. The Balaban J connectivity index is 1.65. The van der Waals surface area contributed by atoms with E-state index < -0.39 is 11.7 Å². The molecule has 2 fully saturated rings. The van der Waals surface area contributed by atoms with Gasteiger partial charge in [-0.05, 0) is 31.0 Å². The minimum atomic E-state index is -0.554. The van der Waals surface area contributed by atoms with E-state index in [1.54, 1.807) is 4.90 Å². The minimum Gasteiger partial charge on any atom is -0.369 e. The molecule has 3 amide bonds. The Morgan fingerprint density at radius 1 is 1.20 bits per heavy atom. The number of nitrogens with zero attached hydrogens (tertiary/aromatic N) is 2. The van der Waals surface area contributed by atoms with Gasteiger partial charge < -0.3 is 15.5 Å². The summed E-state index contributed by atoms with van der Waals surface area (Å²) in [7, 11) is 0. The molecule has 2 heterocycles. The van der Waals surface area contributed by atoms with Crippen LogP contribution in [0.5, 0.6) is 0 Å². The van der Waals surface area contributed by atoms with Crippen molar-refractivity contribution in [3.63, 3.8) is 0 Å². The fraction of sp³-hybridized carbons (Fsp3) is 0.471. The summed E-state index contributed by atoms with van der Waals surface area (Å²) >= 11 is 5.77. The number of piperidine rings is 1. The van der Waals surface area contributed by atoms with Crippen LogP contribution >= 0.6 is 11.6 Å². The number of hydrogen-bond acceptors (Lipinski definition) is 3. The van der Waals surface area contributed by atoms with Gasteiger partial charge in [-0.1, -0.05) is 11.6 Å². The molecule has 8 heteroatoms. The van der Waals surface area contributed by atoms with Crippen LogP contribution in [-0.4, -0.2) is 42.3 Å². The van der Waals surface area contributed by atoms with Crippen LogP contribution in [0.15, 0.2) is 18.2 Å². The number of rotatable bonds is 3. The number of likely N-dealkylation sites (tertiary alicyclic amines) is 1. The molecule has 6 nitrogen and oxygen atoms in total. The third-order valence-corrected chi connectivity index (χ3v) is 5.19. The highest BCUT2D eigenvalue weighted by molar-refractivity contribution is 6.31. The summed E-state index contributed by atoms with van der Waals surface area (Å²) in [5, 5.41) is -0.0615. The minimum absolute atomic E-state index is 0.0615. The Morgan fingerprint density at radius 2 is 1.88 bits per heavy atom. The number of primary amides is 1. The van der Waals surface area contributed by atoms with Gasteiger partial charge in [-0.2, -0.15) is 0 Å². The van der Waals surface area contributed by atoms with E-state index >= 15 is 0 Å². The zero-order valence-electron chi connectivity index (χ0n) is 13.6.